The molecule has 0 atom stereocenters. The Morgan fingerprint density at radius 1 is 1.12 bits per heavy atom. The van der Waals surface area contributed by atoms with Crippen LogP contribution in [0.4, 0.5) is 4.79 Å². The molecule has 4 nitrogen and oxygen atoms in total. The van der Waals surface area contributed by atoms with E-state index >= 15 is 0 Å². The van der Waals surface area contributed by atoms with E-state index in [2.05, 4.69) is 0 Å². The molecule has 0 aliphatic rings. The fourth-order valence-electron chi connectivity index (χ4n) is 0. The van der Waals surface area contributed by atoms with Crippen molar-refractivity contribution >= 4 is 6.16 Å². The Balaban J connectivity index is -0.00000000750. The largest absolute Gasteiger partial charge is 1.00 e. The molecular weight excluding hydrogens is 129 g/mol. The molecule has 0 aromatic carbocycles. The molecule has 0 rings (SSSR count). The number of hydrogen-bond acceptors (Lipinski definition) is 4. The molecule has 0 spiro atoms. The summed E-state index contributed by atoms with van der Waals surface area (Å²) in [6.45, 7) is 0. The average molecular weight is 130 g/mol. The second-order valence-corrected chi connectivity index (χ2v) is 0.250. The van der Waals surface area contributed by atoms with E-state index in [0.29, 0.717) is 0 Å². The van der Waals surface area contributed by atoms with Gasteiger partial charge >= 0.3 is 89.1 Å². The summed E-state index contributed by atoms with van der Waals surface area (Å²) in [6, 6.07) is 0. The Hall–Kier alpha value is 2.06. The van der Waals surface area contributed by atoms with Gasteiger partial charge in [-0.3, -0.25) is 0 Å². The van der Waals surface area contributed by atoms with Gasteiger partial charge in [0, 0.05) is 0 Å². The zero-order valence-corrected chi connectivity index (χ0v) is 8.30. The van der Waals surface area contributed by atoms with E-state index < -0.39 is 6.16 Å². The van der Waals surface area contributed by atoms with Crippen LogP contribution in [-0.4, -0.2) is 11.6 Å². The van der Waals surface area contributed by atoms with Crippen LogP contribution in [-0.2, 0) is 0 Å². The molecule has 0 saturated heterocycles. The molecular formula is CHKLi2O4. The van der Waals surface area contributed by atoms with Gasteiger partial charge in [0.1, 0.15) is 0 Å². The Bertz CT molecular complexity index is 37.0. The van der Waals surface area contributed by atoms with Gasteiger partial charge in [-0.25, -0.2) is 0 Å². The predicted octanol–water partition coefficient (Wildman–Crippen LogP) is -11.6. The minimum Gasteiger partial charge on any atom is -0.870 e. The number of hydrogen-bond donors (Lipinski definition) is 0. The second-order valence-electron chi connectivity index (χ2n) is 0.250. The van der Waals surface area contributed by atoms with Crippen LogP contribution < -0.4 is 99.3 Å². The molecule has 1 N–H and O–H groups in total. The first-order valence-electron chi connectivity index (χ1n) is 0.612. The van der Waals surface area contributed by atoms with Crippen molar-refractivity contribution in [1.29, 1.82) is 0 Å². The fraction of sp³-hybridized carbons (Fsp3) is 0. The molecule has 0 radical (unpaired) electrons. The van der Waals surface area contributed by atoms with Crippen molar-refractivity contribution in [3.05, 3.63) is 0 Å². The van der Waals surface area contributed by atoms with Crippen LogP contribution in [0.25, 0.3) is 0 Å². The van der Waals surface area contributed by atoms with Crippen LogP contribution in [0, 0.1) is 0 Å². The van der Waals surface area contributed by atoms with Crippen molar-refractivity contribution in [3.8, 4) is 0 Å². The maximum Gasteiger partial charge on any atom is 1.00 e. The van der Waals surface area contributed by atoms with Crippen LogP contribution in [0.5, 0.6) is 0 Å². The first kappa shape index (κ1) is 32.2. The smallest absolute Gasteiger partial charge is 0.870 e. The van der Waals surface area contributed by atoms with Gasteiger partial charge in [-0.1, -0.05) is 0 Å². The van der Waals surface area contributed by atoms with Crippen molar-refractivity contribution < 1.29 is 110 Å². The van der Waals surface area contributed by atoms with Crippen molar-refractivity contribution in [1.82, 2.24) is 0 Å². The molecule has 0 bridgehead atoms. The van der Waals surface area contributed by atoms with Crippen molar-refractivity contribution in [2.45, 2.75) is 0 Å². The van der Waals surface area contributed by atoms with Crippen molar-refractivity contribution in [2.24, 2.45) is 0 Å². The molecule has 0 aromatic rings. The summed E-state index contributed by atoms with van der Waals surface area (Å²) in [4.78, 5) is 8.33. The predicted molar refractivity (Wildman–Crippen MR) is 7.33 cm³/mol. The van der Waals surface area contributed by atoms with Crippen LogP contribution >= 0.6 is 0 Å². The van der Waals surface area contributed by atoms with Crippen molar-refractivity contribution in [2.75, 3.05) is 0 Å². The van der Waals surface area contributed by atoms with E-state index in [1.54, 1.807) is 0 Å². The van der Waals surface area contributed by atoms with Crippen molar-refractivity contribution in [3.63, 3.8) is 0 Å². The molecule has 0 unspecified atom stereocenters. The quantitative estimate of drug-likeness (QED) is 0.304. The Kier molecular flexibility index (Phi) is 92.7. The normalized spacial score (nSPS) is 3.00. The zero-order chi connectivity index (χ0) is 3.58. The van der Waals surface area contributed by atoms with Crippen LogP contribution in [0.15, 0.2) is 0 Å². The summed E-state index contributed by atoms with van der Waals surface area (Å²) in [5.41, 5.74) is 0. The van der Waals surface area contributed by atoms with E-state index in [9.17, 15) is 0 Å². The van der Waals surface area contributed by atoms with Crippen LogP contribution in [0.1, 0.15) is 0 Å². The fourth-order valence-corrected chi connectivity index (χ4v) is 0. The third kappa shape index (κ3) is 94.6. The Labute approximate surface area is 113 Å². The van der Waals surface area contributed by atoms with E-state index in [4.69, 9.17) is 15.0 Å². The van der Waals surface area contributed by atoms with Gasteiger partial charge in [0.25, 0.3) is 0 Å². The van der Waals surface area contributed by atoms with E-state index in [-0.39, 0.29) is 94.6 Å². The average Bonchev–Trinajstić information content (AvgIpc) is 0.811. The van der Waals surface area contributed by atoms with Gasteiger partial charge in [-0.15, -0.1) is 0 Å². The number of carboxylic acid groups (broad SMARTS) is 2. The third-order valence-electron chi connectivity index (χ3n) is 0. The Morgan fingerprint density at radius 3 is 1.12 bits per heavy atom. The summed E-state index contributed by atoms with van der Waals surface area (Å²) < 4.78 is 0. The minimum absolute atomic E-state index is 0. The monoisotopic (exact) mass is 130 g/mol. The summed E-state index contributed by atoms with van der Waals surface area (Å²) in [7, 11) is 0. The summed E-state index contributed by atoms with van der Waals surface area (Å²) >= 11 is 0. The number of carbonyl (C=O) groups is 1. The molecule has 0 amide bonds. The first-order chi connectivity index (χ1) is 1.73. The number of carbonyl (C=O) groups excluding carboxylic acids is 1. The van der Waals surface area contributed by atoms with E-state index in [1.807, 2.05) is 0 Å². The van der Waals surface area contributed by atoms with Gasteiger partial charge in [-0.05, 0) is 6.16 Å². The molecule has 7 heteroatoms. The van der Waals surface area contributed by atoms with Gasteiger partial charge < -0.3 is 20.5 Å². The van der Waals surface area contributed by atoms with Gasteiger partial charge in [0.15, 0.2) is 0 Å². The van der Waals surface area contributed by atoms with Crippen LogP contribution in [0.2, 0.25) is 0 Å². The number of rotatable bonds is 0. The molecule has 0 aliphatic carbocycles. The molecule has 0 aromatic heterocycles. The van der Waals surface area contributed by atoms with Gasteiger partial charge in [-0.2, -0.15) is 0 Å². The van der Waals surface area contributed by atoms with E-state index in [0.717, 1.165) is 0 Å². The molecule has 0 saturated carbocycles. The summed E-state index contributed by atoms with van der Waals surface area (Å²) in [6.07, 6.45) is -2.33. The first-order valence-corrected chi connectivity index (χ1v) is 0.612. The zero-order valence-electron chi connectivity index (χ0n) is 5.17. The summed E-state index contributed by atoms with van der Waals surface area (Å²) in [5, 5.41) is 16.7. The van der Waals surface area contributed by atoms with Gasteiger partial charge in [0.2, 0.25) is 0 Å². The molecule has 0 heterocycles. The van der Waals surface area contributed by atoms with Crippen LogP contribution in [0.3, 0.4) is 0 Å². The molecule has 8 heavy (non-hydrogen) atoms. The Morgan fingerprint density at radius 2 is 1.12 bits per heavy atom. The molecule has 32 valence electrons. The standard InChI is InChI=1S/CH2O3.K.2Li.H2O/c2-1(3)4;;;;/h(H2,2,3,4);;;;1H2/q;3*+1;/p-3. The topological polar surface area (TPSA) is 93.2 Å². The summed E-state index contributed by atoms with van der Waals surface area (Å²) in [5.74, 6) is 0. The molecule has 0 fully saturated rings. The van der Waals surface area contributed by atoms with Gasteiger partial charge in [0.05, 0.1) is 0 Å². The third-order valence-corrected chi connectivity index (χ3v) is 0. The minimum atomic E-state index is -2.33. The molecule has 0 aliphatic heterocycles. The maximum atomic E-state index is 8.33. The SMILES string of the molecule is O=C([O-])[O-].[K+].[Li+].[Li+].[OH-]. The second kappa shape index (κ2) is 23.0. The maximum absolute atomic E-state index is 8.33. The van der Waals surface area contributed by atoms with E-state index in [1.165, 1.54) is 0 Å².